The zero-order valence-corrected chi connectivity index (χ0v) is 12.1. The number of carboxylic acids is 1. The predicted octanol–water partition coefficient (Wildman–Crippen LogP) is 1.79. The van der Waals surface area contributed by atoms with Gasteiger partial charge in [-0.1, -0.05) is 0 Å². The first-order valence-electron chi connectivity index (χ1n) is 6.09. The first-order valence-corrected chi connectivity index (χ1v) is 6.09. The fourth-order valence-electron chi connectivity index (χ4n) is 1.55. The van der Waals surface area contributed by atoms with Crippen molar-refractivity contribution >= 4 is 17.6 Å². The monoisotopic (exact) mass is 313 g/mol. The number of esters is 1. The molecular formula is C13H15NO8. The van der Waals surface area contributed by atoms with Crippen LogP contribution >= 0.6 is 0 Å². The van der Waals surface area contributed by atoms with Crippen molar-refractivity contribution in [2.45, 2.75) is 27.4 Å². The van der Waals surface area contributed by atoms with Crippen LogP contribution in [-0.2, 0) is 16.1 Å². The van der Waals surface area contributed by atoms with E-state index in [-0.39, 0.29) is 0 Å². The Morgan fingerprint density at radius 3 is 2.27 bits per heavy atom. The molecule has 3 N–H and O–H groups in total. The quantitative estimate of drug-likeness (QED) is 0.433. The van der Waals surface area contributed by atoms with Crippen LogP contribution < -0.4 is 0 Å². The van der Waals surface area contributed by atoms with Gasteiger partial charge in [0.15, 0.2) is 0 Å². The number of carbonyl (C=O) groups excluding carboxylic acids is 1. The molecular weight excluding hydrogens is 298 g/mol. The van der Waals surface area contributed by atoms with E-state index in [1.165, 1.54) is 0 Å². The number of nitrogens with zero attached hydrogens (tertiary/aromatic N) is 1. The summed E-state index contributed by atoms with van der Waals surface area (Å²) in [5.74, 6) is -4.33. The average Bonchev–Trinajstić information content (AvgIpc) is 2.34. The molecule has 0 saturated carbocycles. The maximum absolute atomic E-state index is 11.7. The van der Waals surface area contributed by atoms with Crippen molar-refractivity contribution in [3.8, 4) is 11.5 Å². The molecule has 9 nitrogen and oxygen atoms in total. The molecule has 1 aromatic carbocycles. The second-order valence-corrected chi connectivity index (χ2v) is 5.51. The van der Waals surface area contributed by atoms with Gasteiger partial charge in [-0.3, -0.25) is 14.9 Å². The van der Waals surface area contributed by atoms with Crippen molar-refractivity contribution in [2.75, 3.05) is 0 Å². The van der Waals surface area contributed by atoms with E-state index >= 15 is 0 Å². The third-order valence-electron chi connectivity index (χ3n) is 2.73. The molecule has 0 saturated heterocycles. The largest absolute Gasteiger partial charge is 0.507 e. The maximum atomic E-state index is 11.7. The van der Waals surface area contributed by atoms with Gasteiger partial charge in [0.2, 0.25) is 0 Å². The van der Waals surface area contributed by atoms with Crippen LogP contribution in [0.15, 0.2) is 6.07 Å². The Bertz CT molecular complexity index is 644. The lowest BCUT2D eigenvalue weighted by molar-refractivity contribution is -0.386. The molecule has 22 heavy (non-hydrogen) atoms. The number of hydrogen-bond acceptors (Lipinski definition) is 7. The van der Waals surface area contributed by atoms with Gasteiger partial charge in [0, 0.05) is 0 Å². The smallest absolute Gasteiger partial charge is 0.343 e. The number of nitro groups is 1. The van der Waals surface area contributed by atoms with Crippen LogP contribution in [0.25, 0.3) is 0 Å². The molecule has 1 rings (SSSR count). The maximum Gasteiger partial charge on any atom is 0.343 e. The van der Waals surface area contributed by atoms with Gasteiger partial charge >= 0.3 is 11.9 Å². The minimum absolute atomic E-state index is 0.502. The van der Waals surface area contributed by atoms with Crippen molar-refractivity contribution in [1.29, 1.82) is 0 Å². The Morgan fingerprint density at radius 2 is 1.86 bits per heavy atom. The van der Waals surface area contributed by atoms with Crippen LogP contribution in [0.1, 0.15) is 36.7 Å². The normalized spacial score (nSPS) is 11.0. The molecule has 0 aliphatic rings. The van der Waals surface area contributed by atoms with E-state index in [0.717, 1.165) is 0 Å². The van der Waals surface area contributed by atoms with Crippen LogP contribution in [0.5, 0.6) is 11.5 Å². The SMILES string of the molecule is CC(C)(C)C(=O)OCc1c([N+](=O)[O-])cc(O)c(C(=O)O)c1O. The third kappa shape index (κ3) is 3.43. The van der Waals surface area contributed by atoms with Crippen molar-refractivity contribution < 1.29 is 34.6 Å². The van der Waals surface area contributed by atoms with Crippen molar-refractivity contribution in [3.05, 3.63) is 27.3 Å². The molecule has 0 atom stereocenters. The van der Waals surface area contributed by atoms with E-state index in [1.54, 1.807) is 20.8 Å². The lowest BCUT2D eigenvalue weighted by Gasteiger charge is -2.17. The molecule has 9 heteroatoms. The molecule has 0 amide bonds. The molecule has 0 heterocycles. The number of carboxylic acid groups (broad SMARTS) is 1. The van der Waals surface area contributed by atoms with Crippen molar-refractivity contribution in [1.82, 2.24) is 0 Å². The van der Waals surface area contributed by atoms with Gasteiger partial charge in [-0.2, -0.15) is 0 Å². The first kappa shape index (κ1) is 17.2. The van der Waals surface area contributed by atoms with Gasteiger partial charge in [-0.05, 0) is 20.8 Å². The second-order valence-electron chi connectivity index (χ2n) is 5.51. The van der Waals surface area contributed by atoms with Crippen LogP contribution in [0.3, 0.4) is 0 Å². The predicted molar refractivity (Wildman–Crippen MR) is 72.6 cm³/mol. The number of rotatable bonds is 4. The Morgan fingerprint density at radius 1 is 1.32 bits per heavy atom. The number of benzene rings is 1. The molecule has 0 fully saturated rings. The number of phenols is 2. The number of nitro benzene ring substituents is 1. The molecule has 0 spiro atoms. The third-order valence-corrected chi connectivity index (χ3v) is 2.73. The summed E-state index contributed by atoms with van der Waals surface area (Å²) in [6, 6.07) is 0.587. The van der Waals surface area contributed by atoms with E-state index < -0.39 is 57.2 Å². The molecule has 0 aliphatic carbocycles. The number of ether oxygens (including phenoxy) is 1. The first-order chi connectivity index (χ1) is 9.96. The zero-order chi connectivity index (χ0) is 17.2. The van der Waals surface area contributed by atoms with Gasteiger partial charge in [0.1, 0.15) is 29.2 Å². The fraction of sp³-hybridized carbons (Fsp3) is 0.385. The number of hydrogen-bond donors (Lipinski definition) is 3. The van der Waals surface area contributed by atoms with Gasteiger partial charge in [0.25, 0.3) is 5.69 Å². The molecule has 0 bridgehead atoms. The van der Waals surface area contributed by atoms with Gasteiger partial charge in [-0.25, -0.2) is 4.79 Å². The molecule has 0 aromatic heterocycles. The summed E-state index contributed by atoms with van der Waals surface area (Å²) in [6.07, 6.45) is 0. The Balaban J connectivity index is 3.32. The molecule has 0 aliphatic heterocycles. The summed E-state index contributed by atoms with van der Waals surface area (Å²) >= 11 is 0. The second kappa shape index (κ2) is 5.88. The van der Waals surface area contributed by atoms with Crippen LogP contribution in [0, 0.1) is 15.5 Å². The van der Waals surface area contributed by atoms with Gasteiger partial charge in [-0.15, -0.1) is 0 Å². The van der Waals surface area contributed by atoms with E-state index in [9.17, 15) is 29.9 Å². The van der Waals surface area contributed by atoms with Crippen LogP contribution in [-0.4, -0.2) is 32.2 Å². The van der Waals surface area contributed by atoms with E-state index in [4.69, 9.17) is 9.84 Å². The lowest BCUT2D eigenvalue weighted by atomic mass is 9.97. The van der Waals surface area contributed by atoms with Crippen LogP contribution in [0.4, 0.5) is 5.69 Å². The molecule has 1 aromatic rings. The highest BCUT2D eigenvalue weighted by Gasteiger charge is 2.30. The minimum Gasteiger partial charge on any atom is -0.507 e. The summed E-state index contributed by atoms with van der Waals surface area (Å²) in [6.45, 7) is 3.98. The highest BCUT2D eigenvalue weighted by molar-refractivity contribution is 5.95. The number of aromatic carboxylic acids is 1. The summed E-state index contributed by atoms with van der Waals surface area (Å²) in [7, 11) is 0. The summed E-state index contributed by atoms with van der Waals surface area (Å²) < 4.78 is 4.86. The molecule has 0 unspecified atom stereocenters. The molecule has 120 valence electrons. The molecule has 0 radical (unpaired) electrons. The van der Waals surface area contributed by atoms with Gasteiger partial charge < -0.3 is 20.1 Å². The summed E-state index contributed by atoms with van der Waals surface area (Å²) in [5, 5.41) is 39.2. The Hall–Kier alpha value is -2.84. The highest BCUT2D eigenvalue weighted by Crippen LogP contribution is 2.38. The lowest BCUT2D eigenvalue weighted by Crippen LogP contribution is -2.23. The summed E-state index contributed by atoms with van der Waals surface area (Å²) in [4.78, 5) is 32.7. The van der Waals surface area contributed by atoms with E-state index in [1.807, 2.05) is 0 Å². The van der Waals surface area contributed by atoms with Crippen molar-refractivity contribution in [3.63, 3.8) is 0 Å². The van der Waals surface area contributed by atoms with Crippen LogP contribution in [0.2, 0.25) is 0 Å². The standard InChI is InChI=1S/C13H15NO8/c1-13(2,3)12(19)22-5-6-7(14(20)21)4-8(15)9(10(6)16)11(17)18/h4,15-16H,5H2,1-3H3,(H,17,18). The fourth-order valence-corrected chi connectivity index (χ4v) is 1.55. The number of aromatic hydroxyl groups is 2. The Kier molecular flexibility index (Phi) is 4.60. The minimum atomic E-state index is -1.67. The average molecular weight is 313 g/mol. The zero-order valence-electron chi connectivity index (χ0n) is 12.1. The topological polar surface area (TPSA) is 147 Å². The van der Waals surface area contributed by atoms with Crippen molar-refractivity contribution in [2.24, 2.45) is 5.41 Å². The number of carbonyl (C=O) groups is 2. The Labute approximate surface area is 124 Å². The van der Waals surface area contributed by atoms with E-state index in [2.05, 4.69) is 0 Å². The van der Waals surface area contributed by atoms with E-state index in [0.29, 0.717) is 6.07 Å². The van der Waals surface area contributed by atoms with Gasteiger partial charge in [0.05, 0.1) is 16.4 Å². The summed E-state index contributed by atoms with van der Waals surface area (Å²) in [5.41, 5.74) is -3.02. The highest BCUT2D eigenvalue weighted by atomic mass is 16.6.